The molecular formula is C23H29NO2. The molecule has 0 bridgehead atoms. The first-order valence-corrected chi connectivity index (χ1v) is 9.86. The van der Waals surface area contributed by atoms with E-state index >= 15 is 0 Å². The van der Waals surface area contributed by atoms with Crippen LogP contribution in [0.4, 0.5) is 0 Å². The van der Waals surface area contributed by atoms with E-state index in [-0.39, 0.29) is 35.4 Å². The van der Waals surface area contributed by atoms with Crippen LogP contribution in [0.5, 0.6) is 0 Å². The first-order chi connectivity index (χ1) is 12.5. The Kier molecular flexibility index (Phi) is 4.52. The van der Waals surface area contributed by atoms with Crippen molar-refractivity contribution in [1.29, 1.82) is 0 Å². The van der Waals surface area contributed by atoms with E-state index in [9.17, 15) is 4.79 Å². The fourth-order valence-electron chi connectivity index (χ4n) is 5.02. The second-order valence-electron chi connectivity index (χ2n) is 8.47. The summed E-state index contributed by atoms with van der Waals surface area (Å²) in [5.41, 5.74) is 4.25. The van der Waals surface area contributed by atoms with Crippen LogP contribution in [0.15, 0.2) is 53.6 Å². The Bertz CT molecular complexity index is 751. The van der Waals surface area contributed by atoms with E-state index in [0.717, 1.165) is 19.3 Å². The summed E-state index contributed by atoms with van der Waals surface area (Å²) in [5, 5.41) is 3.55. The van der Waals surface area contributed by atoms with Crippen molar-refractivity contribution >= 4 is 5.97 Å². The highest BCUT2D eigenvalue weighted by Gasteiger charge is 2.50. The van der Waals surface area contributed by atoms with Gasteiger partial charge in [-0.25, -0.2) is 0 Å². The maximum atomic E-state index is 12.6. The SMILES string of the molecule is CC1=CCC[C@]2(C)C[C@H]3OC(=O)[C@H](CN[C@@H](C)c4ccccc4)[C@H]3C=C12. The van der Waals surface area contributed by atoms with Crippen LogP contribution in [0, 0.1) is 17.3 Å². The molecule has 138 valence electrons. The Balaban J connectivity index is 1.52. The maximum absolute atomic E-state index is 12.6. The third-order valence-corrected chi connectivity index (χ3v) is 6.64. The fraction of sp³-hybridized carbons (Fsp3) is 0.522. The van der Waals surface area contributed by atoms with Crippen LogP contribution >= 0.6 is 0 Å². The topological polar surface area (TPSA) is 38.3 Å². The summed E-state index contributed by atoms with van der Waals surface area (Å²) in [5.74, 6) is 0.0777. The van der Waals surface area contributed by atoms with Crippen molar-refractivity contribution < 1.29 is 9.53 Å². The van der Waals surface area contributed by atoms with Crippen molar-refractivity contribution in [2.24, 2.45) is 17.3 Å². The molecule has 0 unspecified atom stereocenters. The highest BCUT2D eigenvalue weighted by atomic mass is 16.6. The number of carbonyl (C=O) groups excluding carboxylic acids is 1. The lowest BCUT2D eigenvalue weighted by atomic mass is 9.62. The number of esters is 1. The minimum atomic E-state index is -0.0852. The zero-order valence-electron chi connectivity index (χ0n) is 16.0. The molecule has 0 amide bonds. The van der Waals surface area contributed by atoms with Gasteiger partial charge in [0, 0.05) is 18.5 Å². The van der Waals surface area contributed by atoms with Gasteiger partial charge >= 0.3 is 5.97 Å². The first-order valence-electron chi connectivity index (χ1n) is 9.86. The van der Waals surface area contributed by atoms with Crippen molar-refractivity contribution in [3.63, 3.8) is 0 Å². The molecule has 1 N–H and O–H groups in total. The van der Waals surface area contributed by atoms with Crippen LogP contribution in [0.25, 0.3) is 0 Å². The molecule has 1 aromatic carbocycles. The monoisotopic (exact) mass is 351 g/mol. The molecule has 2 aliphatic carbocycles. The van der Waals surface area contributed by atoms with E-state index < -0.39 is 0 Å². The van der Waals surface area contributed by atoms with Gasteiger partial charge < -0.3 is 10.1 Å². The average molecular weight is 351 g/mol. The summed E-state index contributed by atoms with van der Waals surface area (Å²) in [7, 11) is 0. The molecule has 1 fully saturated rings. The lowest BCUT2D eigenvalue weighted by Crippen LogP contribution is -2.38. The largest absolute Gasteiger partial charge is 0.461 e. The quantitative estimate of drug-likeness (QED) is 0.808. The Morgan fingerprint density at radius 1 is 1.31 bits per heavy atom. The van der Waals surface area contributed by atoms with Gasteiger partial charge in [0.2, 0.25) is 0 Å². The van der Waals surface area contributed by atoms with Gasteiger partial charge in [-0.15, -0.1) is 0 Å². The Labute approximate surface area is 156 Å². The summed E-state index contributed by atoms with van der Waals surface area (Å²) >= 11 is 0. The number of benzene rings is 1. The number of carbonyl (C=O) groups is 1. The molecule has 1 aliphatic heterocycles. The van der Waals surface area contributed by atoms with Gasteiger partial charge in [0.1, 0.15) is 6.10 Å². The summed E-state index contributed by atoms with van der Waals surface area (Å²) in [6.45, 7) is 7.37. The number of nitrogens with one attached hydrogen (secondary N) is 1. The smallest absolute Gasteiger partial charge is 0.311 e. The van der Waals surface area contributed by atoms with Gasteiger partial charge in [-0.1, -0.05) is 55.0 Å². The van der Waals surface area contributed by atoms with Crippen molar-refractivity contribution in [3.05, 3.63) is 59.2 Å². The van der Waals surface area contributed by atoms with Gasteiger partial charge in [0.15, 0.2) is 0 Å². The van der Waals surface area contributed by atoms with Crippen LogP contribution in [0.3, 0.4) is 0 Å². The number of ether oxygens (including phenoxy) is 1. The van der Waals surface area contributed by atoms with Crippen LogP contribution in [-0.4, -0.2) is 18.6 Å². The van der Waals surface area contributed by atoms with E-state index in [4.69, 9.17) is 4.74 Å². The molecule has 0 saturated carbocycles. The number of hydrogen-bond donors (Lipinski definition) is 1. The predicted molar refractivity (Wildman–Crippen MR) is 104 cm³/mol. The maximum Gasteiger partial charge on any atom is 0.311 e. The standard InChI is InChI=1S/C23H29NO2/c1-15-8-7-11-23(3)13-21-18(12-20(15)23)19(22(25)26-21)14-24-16(2)17-9-5-4-6-10-17/h4-6,8-10,12,16,18-19,21,24H,7,11,13-14H2,1-3H3/t16-,18+,19+,21+,23+/m0/s1. The normalized spacial score (nSPS) is 34.3. The van der Waals surface area contributed by atoms with Crippen molar-refractivity contribution in [1.82, 2.24) is 5.32 Å². The van der Waals surface area contributed by atoms with Crippen LogP contribution in [0.1, 0.15) is 51.6 Å². The lowest BCUT2D eigenvalue weighted by molar-refractivity contribution is -0.145. The molecule has 26 heavy (non-hydrogen) atoms. The molecule has 0 aromatic heterocycles. The molecule has 0 radical (unpaired) electrons. The third-order valence-electron chi connectivity index (χ3n) is 6.64. The highest BCUT2D eigenvalue weighted by molar-refractivity contribution is 5.76. The molecule has 1 aromatic rings. The van der Waals surface area contributed by atoms with E-state index in [1.165, 1.54) is 16.7 Å². The summed E-state index contributed by atoms with van der Waals surface area (Å²) in [4.78, 5) is 12.6. The number of allylic oxidation sites excluding steroid dienone is 3. The van der Waals surface area contributed by atoms with Gasteiger partial charge in [0.05, 0.1) is 5.92 Å². The molecule has 1 heterocycles. The predicted octanol–water partition coefficient (Wildman–Crippen LogP) is 4.57. The molecular weight excluding hydrogens is 322 g/mol. The number of hydrogen-bond acceptors (Lipinski definition) is 3. The minimum Gasteiger partial charge on any atom is -0.461 e. The number of fused-ring (bicyclic) bond motifs is 2. The van der Waals surface area contributed by atoms with E-state index in [1.54, 1.807) is 0 Å². The van der Waals surface area contributed by atoms with Gasteiger partial charge in [-0.05, 0) is 49.7 Å². The first kappa shape index (κ1) is 17.5. The van der Waals surface area contributed by atoms with Crippen molar-refractivity contribution in [2.45, 2.75) is 52.2 Å². The van der Waals surface area contributed by atoms with E-state index in [2.05, 4.69) is 62.5 Å². The van der Waals surface area contributed by atoms with Crippen LogP contribution < -0.4 is 5.32 Å². The molecule has 3 heteroatoms. The summed E-state index contributed by atoms with van der Waals surface area (Å²) in [6.07, 6.45) is 8.00. The second-order valence-corrected chi connectivity index (χ2v) is 8.47. The highest BCUT2D eigenvalue weighted by Crippen LogP contribution is 2.52. The van der Waals surface area contributed by atoms with E-state index in [0.29, 0.717) is 6.54 Å². The van der Waals surface area contributed by atoms with Crippen molar-refractivity contribution in [2.75, 3.05) is 6.54 Å². The Hall–Kier alpha value is -1.87. The van der Waals surface area contributed by atoms with Crippen LogP contribution in [0.2, 0.25) is 0 Å². The molecule has 5 atom stereocenters. The Morgan fingerprint density at radius 2 is 2.08 bits per heavy atom. The third kappa shape index (κ3) is 3.03. The van der Waals surface area contributed by atoms with Gasteiger partial charge in [-0.2, -0.15) is 0 Å². The number of rotatable bonds is 4. The molecule has 3 aliphatic rings. The van der Waals surface area contributed by atoms with Gasteiger partial charge in [0.25, 0.3) is 0 Å². The molecule has 1 saturated heterocycles. The molecule has 3 nitrogen and oxygen atoms in total. The average Bonchev–Trinajstić information content (AvgIpc) is 2.92. The van der Waals surface area contributed by atoms with Crippen molar-refractivity contribution in [3.8, 4) is 0 Å². The second kappa shape index (κ2) is 6.70. The molecule has 4 rings (SSSR count). The Morgan fingerprint density at radius 3 is 2.85 bits per heavy atom. The minimum absolute atomic E-state index is 0.0338. The van der Waals surface area contributed by atoms with Gasteiger partial charge in [-0.3, -0.25) is 4.79 Å². The fourth-order valence-corrected chi connectivity index (χ4v) is 5.02. The zero-order valence-corrected chi connectivity index (χ0v) is 16.0. The summed E-state index contributed by atoms with van der Waals surface area (Å²) < 4.78 is 5.82. The van der Waals surface area contributed by atoms with E-state index in [1.807, 2.05) is 6.07 Å². The van der Waals surface area contributed by atoms with Crippen LogP contribution in [-0.2, 0) is 9.53 Å². The zero-order chi connectivity index (χ0) is 18.3. The summed E-state index contributed by atoms with van der Waals surface area (Å²) in [6, 6.07) is 10.6. The molecule has 0 spiro atoms. The lowest BCUT2D eigenvalue weighted by Gasteiger charge is -2.42.